The number of halogens is 4. The Balaban J connectivity index is 2.62. The van der Waals surface area contributed by atoms with Crippen molar-refractivity contribution >= 4 is 21.9 Å². The first-order valence-corrected chi connectivity index (χ1v) is 11.5. The lowest BCUT2D eigenvalue weighted by Crippen LogP contribution is -2.15. The molecule has 0 spiro atoms. The minimum absolute atomic E-state index is 0.0819. The van der Waals surface area contributed by atoms with E-state index in [2.05, 4.69) is 9.37 Å². The van der Waals surface area contributed by atoms with E-state index in [0.717, 1.165) is 38.5 Å². The Morgan fingerprint density at radius 1 is 0.793 bits per heavy atom. The summed E-state index contributed by atoms with van der Waals surface area (Å²) in [7, 11) is -4.61. The van der Waals surface area contributed by atoms with Crippen molar-refractivity contribution < 1.29 is 45.7 Å². The molecule has 12 heteroatoms. The number of aliphatic hydroxyl groups excluding tert-OH is 1. The second-order valence-corrected chi connectivity index (χ2v) is 9.12. The van der Waals surface area contributed by atoms with E-state index >= 15 is 0 Å². The summed E-state index contributed by atoms with van der Waals surface area (Å²) in [5, 5.41) is 21.2. The Labute approximate surface area is 171 Å². The maximum atomic E-state index is 14.1. The summed E-state index contributed by atoms with van der Waals surface area (Å²) < 4.78 is 83.9. The maximum Gasteiger partial charge on any atom is 0.184 e. The zero-order valence-corrected chi connectivity index (χ0v) is 17.2. The van der Waals surface area contributed by atoms with Crippen molar-refractivity contribution in [3.05, 3.63) is 23.3 Å². The second kappa shape index (κ2) is 13.4. The number of rotatable bonds is 15. The summed E-state index contributed by atoms with van der Waals surface area (Å²) in [6, 6.07) is 0. The highest BCUT2D eigenvalue weighted by molar-refractivity contribution is 7.94. The van der Waals surface area contributed by atoms with Crippen LogP contribution in [0.25, 0.3) is 0 Å². The van der Waals surface area contributed by atoms with Crippen molar-refractivity contribution in [1.82, 2.24) is 0 Å². The summed E-state index contributed by atoms with van der Waals surface area (Å²) in [6.07, 6.45) is 6.81. The van der Waals surface area contributed by atoms with Crippen LogP contribution >= 0.6 is 12.0 Å². The molecule has 0 unspecified atom stereocenters. The van der Waals surface area contributed by atoms with Crippen LogP contribution in [0.2, 0.25) is 0 Å². The molecule has 1 aromatic rings. The van der Waals surface area contributed by atoms with E-state index < -0.39 is 60.7 Å². The molecule has 0 fully saturated rings. The van der Waals surface area contributed by atoms with E-state index in [4.69, 9.17) is 5.11 Å². The molecule has 0 aliphatic carbocycles. The van der Waals surface area contributed by atoms with Crippen LogP contribution in [0.4, 0.5) is 17.6 Å². The molecular weight excluding hydrogens is 440 g/mol. The van der Waals surface area contributed by atoms with Gasteiger partial charge in [0, 0.05) is 6.61 Å². The summed E-state index contributed by atoms with van der Waals surface area (Å²) in [4.78, 5) is -3.04. The Morgan fingerprint density at radius 3 is 1.69 bits per heavy atom. The lowest BCUT2D eigenvalue weighted by molar-refractivity contribution is -0.777. The number of hydrogen-bond acceptors (Lipinski definition) is 7. The third-order valence-corrected chi connectivity index (χ3v) is 6.67. The normalized spacial score (nSPS) is 11.9. The molecule has 0 amide bonds. The number of sulfone groups is 1. The van der Waals surface area contributed by atoms with Gasteiger partial charge in [0.25, 0.3) is 0 Å². The monoisotopic (exact) mass is 463 g/mol. The zero-order valence-electron chi connectivity index (χ0n) is 15.6. The standard InChI is InChI=1S/C17H24F4O6S2/c18-12-14(20)17(15(21)13(19)16(12)28-27-26-23)29(24,25)11-9-7-5-3-1-2-4-6-8-10-22/h22-23H,1-11H2/p-1. The molecule has 6 nitrogen and oxygen atoms in total. The smallest absolute Gasteiger partial charge is 0.184 e. The molecule has 0 saturated heterocycles. The fourth-order valence-electron chi connectivity index (χ4n) is 2.73. The van der Waals surface area contributed by atoms with Crippen molar-refractivity contribution in [3.8, 4) is 0 Å². The topological polar surface area (TPSA) is 95.9 Å². The van der Waals surface area contributed by atoms with Crippen LogP contribution in [0.3, 0.4) is 0 Å². The highest BCUT2D eigenvalue weighted by Crippen LogP contribution is 2.34. The Bertz CT molecular complexity index is 717. The molecular formula is C17H23F4O6S2-. The van der Waals surface area contributed by atoms with Gasteiger partial charge in [0.2, 0.25) is 0 Å². The molecule has 0 bridgehead atoms. The summed E-state index contributed by atoms with van der Waals surface area (Å²) >= 11 is -0.416. The molecule has 1 rings (SSSR count). The first kappa shape index (κ1) is 26.1. The largest absolute Gasteiger partial charge is 0.691 e. The van der Waals surface area contributed by atoms with E-state index in [9.17, 15) is 31.2 Å². The van der Waals surface area contributed by atoms with Gasteiger partial charge in [-0.15, -0.1) is 0 Å². The molecule has 168 valence electrons. The lowest BCUT2D eigenvalue weighted by Gasteiger charge is -2.12. The molecule has 0 atom stereocenters. The van der Waals surface area contributed by atoms with Gasteiger partial charge < -0.3 is 10.4 Å². The fourth-order valence-corrected chi connectivity index (χ4v) is 4.66. The summed E-state index contributed by atoms with van der Waals surface area (Å²) in [6.45, 7) is 0.174. The Morgan fingerprint density at radius 2 is 1.24 bits per heavy atom. The van der Waals surface area contributed by atoms with Gasteiger partial charge in [0.1, 0.15) is 9.79 Å². The van der Waals surface area contributed by atoms with Crippen LogP contribution in [0.1, 0.15) is 57.8 Å². The van der Waals surface area contributed by atoms with Crippen molar-refractivity contribution in [1.29, 1.82) is 0 Å². The molecule has 0 aliphatic rings. The number of unbranched alkanes of at least 4 members (excludes halogenated alkanes) is 8. The van der Waals surface area contributed by atoms with Crippen LogP contribution in [-0.2, 0) is 19.2 Å². The third kappa shape index (κ3) is 8.02. The van der Waals surface area contributed by atoms with Gasteiger partial charge in [0.05, 0.1) is 17.8 Å². The predicted octanol–water partition coefficient (Wildman–Crippen LogP) is 3.75. The van der Waals surface area contributed by atoms with E-state index in [1.807, 2.05) is 0 Å². The quantitative estimate of drug-likeness (QED) is 0.106. The average molecular weight is 463 g/mol. The van der Waals surface area contributed by atoms with Gasteiger partial charge in [-0.1, -0.05) is 44.9 Å². The number of aliphatic hydroxyl groups is 1. The molecule has 0 aromatic heterocycles. The maximum absolute atomic E-state index is 14.1. The molecule has 1 N–H and O–H groups in total. The van der Waals surface area contributed by atoms with Crippen molar-refractivity contribution in [2.45, 2.75) is 67.6 Å². The SMILES string of the molecule is O=S(=O)(CCCCCCCCCCCO)c1c(F)c(F)c(SOO[O-])c(F)c1F. The number of benzene rings is 1. The van der Waals surface area contributed by atoms with Gasteiger partial charge in [-0.05, 0) is 12.8 Å². The lowest BCUT2D eigenvalue weighted by atomic mass is 10.1. The molecule has 0 heterocycles. The van der Waals surface area contributed by atoms with Crippen molar-refractivity contribution in [3.63, 3.8) is 0 Å². The summed E-state index contributed by atoms with van der Waals surface area (Å²) in [5.74, 6) is -8.81. The molecule has 29 heavy (non-hydrogen) atoms. The van der Waals surface area contributed by atoms with Gasteiger partial charge in [0.15, 0.2) is 33.1 Å². The fraction of sp³-hybridized carbons (Fsp3) is 0.647. The van der Waals surface area contributed by atoms with Crippen LogP contribution in [0, 0.1) is 23.3 Å². The summed E-state index contributed by atoms with van der Waals surface area (Å²) in [5.41, 5.74) is 0. The predicted molar refractivity (Wildman–Crippen MR) is 95.0 cm³/mol. The van der Waals surface area contributed by atoms with Crippen LogP contribution in [0.5, 0.6) is 0 Å². The first-order chi connectivity index (χ1) is 13.8. The van der Waals surface area contributed by atoms with E-state index in [-0.39, 0.29) is 13.0 Å². The van der Waals surface area contributed by atoms with Gasteiger partial charge in [-0.25, -0.2) is 26.0 Å². The van der Waals surface area contributed by atoms with Gasteiger partial charge in [-0.3, -0.25) is 5.04 Å². The van der Waals surface area contributed by atoms with Crippen LogP contribution < -0.4 is 5.26 Å². The van der Waals surface area contributed by atoms with Gasteiger partial charge >= 0.3 is 0 Å². The average Bonchev–Trinajstić information content (AvgIpc) is 2.68. The van der Waals surface area contributed by atoms with Crippen molar-refractivity contribution in [2.24, 2.45) is 0 Å². The Kier molecular flexibility index (Phi) is 12.1. The highest BCUT2D eigenvalue weighted by Gasteiger charge is 2.33. The van der Waals surface area contributed by atoms with Crippen LogP contribution in [0.15, 0.2) is 9.79 Å². The minimum atomic E-state index is -4.61. The Hall–Kier alpha value is -0.920. The van der Waals surface area contributed by atoms with E-state index in [1.165, 1.54) is 0 Å². The van der Waals surface area contributed by atoms with Crippen molar-refractivity contribution in [2.75, 3.05) is 12.4 Å². The molecule has 0 aliphatic heterocycles. The van der Waals surface area contributed by atoms with Gasteiger partial charge in [-0.2, -0.15) is 4.33 Å². The third-order valence-electron chi connectivity index (χ3n) is 4.21. The second-order valence-electron chi connectivity index (χ2n) is 6.36. The van der Waals surface area contributed by atoms with Crippen LogP contribution in [-0.4, -0.2) is 25.9 Å². The number of hydrogen-bond donors (Lipinski definition) is 1. The molecule has 0 radical (unpaired) electrons. The van der Waals surface area contributed by atoms with E-state index in [1.54, 1.807) is 0 Å². The molecule has 0 saturated carbocycles. The minimum Gasteiger partial charge on any atom is -0.691 e. The van der Waals surface area contributed by atoms with E-state index in [0.29, 0.717) is 12.8 Å². The first-order valence-electron chi connectivity index (χ1n) is 9.10. The molecule has 1 aromatic carbocycles. The zero-order chi connectivity index (χ0) is 21.9. The highest BCUT2D eigenvalue weighted by atomic mass is 32.2.